The van der Waals surface area contributed by atoms with Crippen LogP contribution in [0.4, 0.5) is 5.95 Å². The molecule has 0 amide bonds. The Hall–Kier alpha value is -2.45. The van der Waals surface area contributed by atoms with Crippen molar-refractivity contribution in [2.24, 2.45) is 4.99 Å². The molecule has 0 radical (unpaired) electrons. The summed E-state index contributed by atoms with van der Waals surface area (Å²) >= 11 is 0. The molecular weight excluding hydrogens is 344 g/mol. The molecule has 1 aromatic heterocycles. The zero-order valence-electron chi connectivity index (χ0n) is 15.9. The number of hydrogen-bond donors (Lipinski definition) is 2. The van der Waals surface area contributed by atoms with Crippen LogP contribution >= 0.6 is 0 Å². The van der Waals surface area contributed by atoms with Gasteiger partial charge in [-0.25, -0.2) is 15.0 Å². The van der Waals surface area contributed by atoms with Gasteiger partial charge in [0.15, 0.2) is 0 Å². The van der Waals surface area contributed by atoms with E-state index in [1.54, 1.807) is 0 Å². The molecule has 1 saturated heterocycles. The highest BCUT2D eigenvalue weighted by molar-refractivity contribution is 5.94. The SMILES string of the molecule is CCOc1cccc2c(C)nc(NC3=NCN(C[C@H]4CCCO4)CN3)nc12. The number of guanidine groups is 1. The summed E-state index contributed by atoms with van der Waals surface area (Å²) in [6.07, 6.45) is 2.63. The molecule has 0 aliphatic carbocycles. The molecule has 4 rings (SSSR count). The van der Waals surface area contributed by atoms with E-state index in [1.165, 1.54) is 0 Å². The molecule has 0 unspecified atom stereocenters. The van der Waals surface area contributed by atoms with Crippen LogP contribution < -0.4 is 15.4 Å². The first-order valence-electron chi connectivity index (χ1n) is 9.52. The average Bonchev–Trinajstić information content (AvgIpc) is 3.17. The summed E-state index contributed by atoms with van der Waals surface area (Å²) in [7, 11) is 0. The summed E-state index contributed by atoms with van der Waals surface area (Å²) in [4.78, 5) is 16.0. The molecule has 2 aliphatic heterocycles. The van der Waals surface area contributed by atoms with Gasteiger partial charge in [0.05, 0.1) is 31.7 Å². The van der Waals surface area contributed by atoms with Crippen LogP contribution in [0.5, 0.6) is 5.75 Å². The first kappa shape index (κ1) is 17.9. The van der Waals surface area contributed by atoms with Crippen molar-refractivity contribution in [3.8, 4) is 5.75 Å². The van der Waals surface area contributed by atoms with Gasteiger partial charge in [0, 0.05) is 18.5 Å². The van der Waals surface area contributed by atoms with E-state index in [9.17, 15) is 0 Å². The molecule has 8 heteroatoms. The smallest absolute Gasteiger partial charge is 0.230 e. The maximum Gasteiger partial charge on any atom is 0.230 e. The Balaban J connectivity index is 1.47. The molecule has 2 N–H and O–H groups in total. The van der Waals surface area contributed by atoms with Gasteiger partial charge in [-0.1, -0.05) is 12.1 Å². The van der Waals surface area contributed by atoms with Gasteiger partial charge in [0.25, 0.3) is 0 Å². The number of aliphatic imine (C=N–C) groups is 1. The lowest BCUT2D eigenvalue weighted by molar-refractivity contribution is 0.0715. The highest BCUT2D eigenvalue weighted by Gasteiger charge is 2.21. The van der Waals surface area contributed by atoms with Gasteiger partial charge in [-0.05, 0) is 32.8 Å². The number of nitrogens with one attached hydrogen (secondary N) is 2. The van der Waals surface area contributed by atoms with E-state index in [0.29, 0.717) is 31.3 Å². The molecule has 0 saturated carbocycles. The lowest BCUT2D eigenvalue weighted by atomic mass is 10.2. The van der Waals surface area contributed by atoms with Gasteiger partial charge in [0.1, 0.15) is 11.3 Å². The summed E-state index contributed by atoms with van der Waals surface area (Å²) < 4.78 is 11.4. The Morgan fingerprint density at radius 1 is 1.37 bits per heavy atom. The van der Waals surface area contributed by atoms with Crippen molar-refractivity contribution >= 4 is 22.8 Å². The van der Waals surface area contributed by atoms with Crippen molar-refractivity contribution in [1.29, 1.82) is 0 Å². The van der Waals surface area contributed by atoms with Gasteiger partial charge < -0.3 is 14.8 Å². The second-order valence-corrected chi connectivity index (χ2v) is 6.81. The Morgan fingerprint density at radius 2 is 2.30 bits per heavy atom. The van der Waals surface area contributed by atoms with Crippen molar-refractivity contribution in [1.82, 2.24) is 20.2 Å². The third kappa shape index (κ3) is 4.12. The number of aromatic nitrogens is 2. The molecule has 8 nitrogen and oxygen atoms in total. The van der Waals surface area contributed by atoms with Crippen molar-refractivity contribution in [2.45, 2.75) is 32.8 Å². The topological polar surface area (TPSA) is 83.9 Å². The minimum Gasteiger partial charge on any atom is -0.492 e. The molecule has 1 fully saturated rings. The quantitative estimate of drug-likeness (QED) is 0.834. The third-order valence-corrected chi connectivity index (χ3v) is 4.79. The average molecular weight is 370 g/mol. The fourth-order valence-corrected chi connectivity index (χ4v) is 3.46. The van der Waals surface area contributed by atoms with Crippen LogP contribution in [0.3, 0.4) is 0 Å². The van der Waals surface area contributed by atoms with Crippen LogP contribution in [0.15, 0.2) is 23.2 Å². The van der Waals surface area contributed by atoms with E-state index >= 15 is 0 Å². The number of rotatable bonds is 5. The molecule has 1 atom stereocenters. The van der Waals surface area contributed by atoms with Crippen LogP contribution in [-0.2, 0) is 4.74 Å². The van der Waals surface area contributed by atoms with Crippen LogP contribution in [0.25, 0.3) is 10.9 Å². The zero-order valence-corrected chi connectivity index (χ0v) is 15.9. The van der Waals surface area contributed by atoms with Crippen molar-refractivity contribution in [2.75, 3.05) is 38.4 Å². The first-order chi connectivity index (χ1) is 13.2. The number of para-hydroxylation sites is 1. The normalized spacial score (nSPS) is 20.4. The highest BCUT2D eigenvalue weighted by Crippen LogP contribution is 2.26. The standard InChI is InChI=1S/C19H26N6O2/c1-3-26-16-8-4-7-15-13(2)22-19(23-17(15)16)24-18-20-11-25(12-21-18)10-14-6-5-9-27-14/h4,7-8,14H,3,5-6,9-12H2,1-2H3,(H2,20,21,22,23,24)/t14-/m1/s1. The summed E-state index contributed by atoms with van der Waals surface area (Å²) in [6.45, 7) is 7.69. The van der Waals surface area contributed by atoms with Gasteiger partial charge in [-0.15, -0.1) is 0 Å². The third-order valence-electron chi connectivity index (χ3n) is 4.79. The van der Waals surface area contributed by atoms with Crippen LogP contribution in [0.2, 0.25) is 0 Å². The number of fused-ring (bicyclic) bond motifs is 1. The maximum atomic E-state index is 5.71. The molecule has 2 aliphatic rings. The van der Waals surface area contributed by atoms with E-state index in [-0.39, 0.29) is 0 Å². The van der Waals surface area contributed by atoms with Crippen molar-refractivity contribution in [3.63, 3.8) is 0 Å². The molecule has 3 heterocycles. The largest absolute Gasteiger partial charge is 0.492 e. The Bertz CT molecular complexity index is 834. The summed E-state index contributed by atoms with van der Waals surface area (Å²) in [6, 6.07) is 5.91. The first-order valence-corrected chi connectivity index (χ1v) is 9.52. The highest BCUT2D eigenvalue weighted by atomic mass is 16.5. The van der Waals surface area contributed by atoms with E-state index in [2.05, 4.69) is 30.5 Å². The lowest BCUT2D eigenvalue weighted by Crippen LogP contribution is -2.48. The van der Waals surface area contributed by atoms with E-state index in [4.69, 9.17) is 9.47 Å². The van der Waals surface area contributed by atoms with Crippen LogP contribution in [0.1, 0.15) is 25.5 Å². The second kappa shape index (κ2) is 8.06. The van der Waals surface area contributed by atoms with Crippen LogP contribution in [0, 0.1) is 6.92 Å². The van der Waals surface area contributed by atoms with Crippen LogP contribution in [-0.4, -0.2) is 60.0 Å². The Labute approximate surface area is 159 Å². The fraction of sp³-hybridized carbons (Fsp3) is 0.526. The monoisotopic (exact) mass is 370 g/mol. The number of nitrogens with zero attached hydrogens (tertiary/aromatic N) is 4. The molecule has 144 valence electrons. The second-order valence-electron chi connectivity index (χ2n) is 6.81. The van der Waals surface area contributed by atoms with Gasteiger partial charge in [0.2, 0.25) is 11.9 Å². The molecule has 27 heavy (non-hydrogen) atoms. The predicted molar refractivity (Wildman–Crippen MR) is 105 cm³/mol. The number of aryl methyl sites for hydroxylation is 1. The van der Waals surface area contributed by atoms with Gasteiger partial charge in [-0.3, -0.25) is 10.2 Å². The molecule has 2 aromatic rings. The summed E-state index contributed by atoms with van der Waals surface area (Å²) in [5.74, 6) is 1.97. The summed E-state index contributed by atoms with van der Waals surface area (Å²) in [5.41, 5.74) is 1.71. The van der Waals surface area contributed by atoms with Crippen molar-refractivity contribution in [3.05, 3.63) is 23.9 Å². The zero-order chi connectivity index (χ0) is 18.6. The number of hydrogen-bond acceptors (Lipinski definition) is 8. The molecule has 0 bridgehead atoms. The summed E-state index contributed by atoms with van der Waals surface area (Å²) in [5, 5.41) is 7.49. The van der Waals surface area contributed by atoms with Crippen molar-refractivity contribution < 1.29 is 9.47 Å². The van der Waals surface area contributed by atoms with Gasteiger partial charge in [-0.2, -0.15) is 0 Å². The number of benzene rings is 1. The minimum atomic E-state index is 0.333. The number of anilines is 1. The Kier molecular flexibility index (Phi) is 5.35. The maximum absolute atomic E-state index is 5.71. The predicted octanol–water partition coefficient (Wildman–Crippen LogP) is 2.10. The molecular formula is C19H26N6O2. The van der Waals surface area contributed by atoms with E-state index < -0.39 is 0 Å². The molecule has 1 aromatic carbocycles. The lowest BCUT2D eigenvalue weighted by Gasteiger charge is -2.28. The number of ether oxygens (including phenoxy) is 2. The Morgan fingerprint density at radius 3 is 3.04 bits per heavy atom. The minimum absolute atomic E-state index is 0.333. The van der Waals surface area contributed by atoms with Gasteiger partial charge >= 0.3 is 0 Å². The van der Waals surface area contributed by atoms with E-state index in [0.717, 1.165) is 55.0 Å². The molecule has 0 spiro atoms. The fourth-order valence-electron chi connectivity index (χ4n) is 3.46. The van der Waals surface area contributed by atoms with E-state index in [1.807, 2.05) is 32.0 Å².